The second kappa shape index (κ2) is 5.40. The maximum atomic E-state index is 13.4. The van der Waals surface area contributed by atoms with Gasteiger partial charge in [-0.25, -0.2) is 4.39 Å². The number of aryl methyl sites for hydroxylation is 1. The fraction of sp³-hybridized carbons (Fsp3) is 0.625. The SMILES string of the molecule is Cc1ccc(F)cc1C(N)C1CC(C)CC(C)C1. The fourth-order valence-corrected chi connectivity index (χ4v) is 3.53. The van der Waals surface area contributed by atoms with Crippen molar-refractivity contribution in [1.82, 2.24) is 0 Å². The van der Waals surface area contributed by atoms with Gasteiger partial charge in [-0.05, 0) is 67.2 Å². The molecular formula is C16H24FN. The maximum Gasteiger partial charge on any atom is 0.123 e. The summed E-state index contributed by atoms with van der Waals surface area (Å²) in [5.41, 5.74) is 8.49. The van der Waals surface area contributed by atoms with Gasteiger partial charge in [0, 0.05) is 6.04 Å². The van der Waals surface area contributed by atoms with E-state index in [-0.39, 0.29) is 11.9 Å². The highest BCUT2D eigenvalue weighted by Gasteiger charge is 2.29. The first-order chi connectivity index (χ1) is 8.47. The number of rotatable bonds is 2. The highest BCUT2D eigenvalue weighted by Crippen LogP contribution is 2.39. The summed E-state index contributed by atoms with van der Waals surface area (Å²) in [7, 11) is 0. The summed E-state index contributed by atoms with van der Waals surface area (Å²) in [5, 5.41) is 0. The monoisotopic (exact) mass is 249 g/mol. The van der Waals surface area contributed by atoms with E-state index < -0.39 is 0 Å². The predicted molar refractivity (Wildman–Crippen MR) is 73.7 cm³/mol. The third kappa shape index (κ3) is 2.92. The van der Waals surface area contributed by atoms with Gasteiger partial charge in [0.25, 0.3) is 0 Å². The van der Waals surface area contributed by atoms with E-state index in [2.05, 4.69) is 13.8 Å². The zero-order valence-corrected chi connectivity index (χ0v) is 11.6. The molecule has 1 aliphatic carbocycles. The topological polar surface area (TPSA) is 26.0 Å². The van der Waals surface area contributed by atoms with Crippen molar-refractivity contribution in [3.05, 3.63) is 35.1 Å². The fourth-order valence-electron chi connectivity index (χ4n) is 3.53. The van der Waals surface area contributed by atoms with Crippen LogP contribution in [-0.2, 0) is 0 Å². The highest BCUT2D eigenvalue weighted by molar-refractivity contribution is 5.30. The molecule has 1 aromatic rings. The summed E-state index contributed by atoms with van der Waals surface area (Å²) in [4.78, 5) is 0. The predicted octanol–water partition coefficient (Wildman–Crippen LogP) is 4.21. The summed E-state index contributed by atoms with van der Waals surface area (Å²) in [6.07, 6.45) is 3.63. The molecule has 2 rings (SSSR count). The van der Waals surface area contributed by atoms with E-state index in [9.17, 15) is 4.39 Å². The Balaban J connectivity index is 2.19. The molecule has 3 atom stereocenters. The third-order valence-electron chi connectivity index (χ3n) is 4.32. The van der Waals surface area contributed by atoms with Gasteiger partial charge in [0.1, 0.15) is 5.82 Å². The first-order valence-electron chi connectivity index (χ1n) is 6.99. The van der Waals surface area contributed by atoms with E-state index in [1.165, 1.54) is 25.3 Å². The van der Waals surface area contributed by atoms with Crippen molar-refractivity contribution in [2.24, 2.45) is 23.5 Å². The average Bonchev–Trinajstić information content (AvgIpc) is 2.30. The Morgan fingerprint density at radius 3 is 2.39 bits per heavy atom. The lowest BCUT2D eigenvalue weighted by molar-refractivity contribution is 0.193. The van der Waals surface area contributed by atoms with Gasteiger partial charge in [-0.2, -0.15) is 0 Å². The summed E-state index contributed by atoms with van der Waals surface area (Å²) in [6, 6.07) is 4.94. The van der Waals surface area contributed by atoms with Crippen LogP contribution in [0.2, 0.25) is 0 Å². The minimum atomic E-state index is -0.178. The largest absolute Gasteiger partial charge is 0.324 e. The lowest BCUT2D eigenvalue weighted by Gasteiger charge is -2.35. The molecule has 0 aromatic heterocycles. The molecule has 0 radical (unpaired) electrons. The molecule has 1 aliphatic rings. The Labute approximate surface area is 110 Å². The van der Waals surface area contributed by atoms with E-state index in [0.717, 1.165) is 23.0 Å². The summed E-state index contributed by atoms with van der Waals surface area (Å²) < 4.78 is 13.4. The molecular weight excluding hydrogens is 225 g/mol. The molecule has 3 unspecified atom stereocenters. The van der Waals surface area contributed by atoms with Crippen LogP contribution in [0.25, 0.3) is 0 Å². The van der Waals surface area contributed by atoms with Crippen LogP contribution >= 0.6 is 0 Å². The van der Waals surface area contributed by atoms with E-state index in [4.69, 9.17) is 5.73 Å². The molecule has 2 heteroatoms. The smallest absolute Gasteiger partial charge is 0.123 e. The number of nitrogens with two attached hydrogens (primary N) is 1. The zero-order chi connectivity index (χ0) is 13.3. The van der Waals surface area contributed by atoms with Crippen LogP contribution in [0.3, 0.4) is 0 Å². The van der Waals surface area contributed by atoms with Crippen LogP contribution in [-0.4, -0.2) is 0 Å². The Morgan fingerprint density at radius 1 is 1.17 bits per heavy atom. The molecule has 0 heterocycles. The number of hydrogen-bond donors (Lipinski definition) is 1. The van der Waals surface area contributed by atoms with Crippen LogP contribution in [0.15, 0.2) is 18.2 Å². The van der Waals surface area contributed by atoms with E-state index >= 15 is 0 Å². The van der Waals surface area contributed by atoms with Gasteiger partial charge < -0.3 is 5.73 Å². The Hall–Kier alpha value is -0.890. The van der Waals surface area contributed by atoms with Crippen LogP contribution in [0.5, 0.6) is 0 Å². The normalized spacial score (nSPS) is 30.2. The maximum absolute atomic E-state index is 13.4. The molecule has 0 saturated heterocycles. The molecule has 0 amide bonds. The summed E-state index contributed by atoms with van der Waals surface area (Å²) in [6.45, 7) is 6.62. The first-order valence-corrected chi connectivity index (χ1v) is 6.99. The average molecular weight is 249 g/mol. The molecule has 18 heavy (non-hydrogen) atoms. The second-order valence-corrected chi connectivity index (χ2v) is 6.20. The molecule has 1 nitrogen and oxygen atoms in total. The molecule has 0 aliphatic heterocycles. The van der Waals surface area contributed by atoms with Gasteiger partial charge in [0.2, 0.25) is 0 Å². The second-order valence-electron chi connectivity index (χ2n) is 6.20. The van der Waals surface area contributed by atoms with Crippen molar-refractivity contribution in [3.8, 4) is 0 Å². The van der Waals surface area contributed by atoms with Gasteiger partial charge in [-0.1, -0.05) is 19.9 Å². The van der Waals surface area contributed by atoms with Crippen LogP contribution < -0.4 is 5.73 Å². The highest BCUT2D eigenvalue weighted by atomic mass is 19.1. The van der Waals surface area contributed by atoms with E-state index in [1.807, 2.05) is 13.0 Å². The van der Waals surface area contributed by atoms with Crippen LogP contribution in [0.4, 0.5) is 4.39 Å². The number of benzene rings is 1. The molecule has 2 N–H and O–H groups in total. The van der Waals surface area contributed by atoms with Crippen molar-refractivity contribution in [3.63, 3.8) is 0 Å². The third-order valence-corrected chi connectivity index (χ3v) is 4.32. The first kappa shape index (κ1) is 13.5. The van der Waals surface area contributed by atoms with E-state index in [1.54, 1.807) is 6.07 Å². The minimum Gasteiger partial charge on any atom is -0.324 e. The van der Waals surface area contributed by atoms with E-state index in [0.29, 0.717) is 5.92 Å². The molecule has 1 saturated carbocycles. The van der Waals surface area contributed by atoms with Gasteiger partial charge in [0.05, 0.1) is 0 Å². The Morgan fingerprint density at radius 2 is 1.78 bits per heavy atom. The van der Waals surface area contributed by atoms with Gasteiger partial charge in [-0.15, -0.1) is 0 Å². The van der Waals surface area contributed by atoms with Gasteiger partial charge in [-0.3, -0.25) is 0 Å². The molecule has 0 bridgehead atoms. The van der Waals surface area contributed by atoms with Gasteiger partial charge >= 0.3 is 0 Å². The molecule has 0 spiro atoms. The number of halogens is 1. The summed E-state index contributed by atoms with van der Waals surface area (Å²) >= 11 is 0. The summed E-state index contributed by atoms with van der Waals surface area (Å²) in [5.74, 6) is 1.78. The van der Waals surface area contributed by atoms with Crippen LogP contribution in [0.1, 0.15) is 50.3 Å². The molecule has 1 fully saturated rings. The standard InChI is InChI=1S/C16H24FN/c1-10-6-11(2)8-13(7-10)16(18)15-9-14(17)5-4-12(15)3/h4-5,9-11,13,16H,6-8,18H2,1-3H3. The molecule has 100 valence electrons. The molecule has 1 aromatic carbocycles. The Bertz CT molecular complexity index is 406. The zero-order valence-electron chi connectivity index (χ0n) is 11.6. The Kier molecular flexibility index (Phi) is 4.06. The van der Waals surface area contributed by atoms with Crippen molar-refractivity contribution in [2.45, 2.75) is 46.1 Å². The lowest BCUT2D eigenvalue weighted by atomic mass is 9.72. The minimum absolute atomic E-state index is 0.0223. The van der Waals surface area contributed by atoms with Crippen molar-refractivity contribution in [2.75, 3.05) is 0 Å². The van der Waals surface area contributed by atoms with Crippen molar-refractivity contribution < 1.29 is 4.39 Å². The lowest BCUT2D eigenvalue weighted by Crippen LogP contribution is -2.29. The number of hydrogen-bond acceptors (Lipinski definition) is 1. The quantitative estimate of drug-likeness (QED) is 0.835. The van der Waals surface area contributed by atoms with Crippen LogP contribution in [0, 0.1) is 30.5 Å². The van der Waals surface area contributed by atoms with Crippen molar-refractivity contribution >= 4 is 0 Å². The van der Waals surface area contributed by atoms with Crippen molar-refractivity contribution in [1.29, 1.82) is 0 Å². The van der Waals surface area contributed by atoms with Gasteiger partial charge in [0.15, 0.2) is 0 Å².